The highest BCUT2D eigenvalue weighted by molar-refractivity contribution is 6.34. The Kier molecular flexibility index (Phi) is 6.25. The van der Waals surface area contributed by atoms with Crippen LogP contribution < -0.4 is 10.3 Å². The van der Waals surface area contributed by atoms with E-state index in [1.165, 1.54) is 11.6 Å². The number of benzene rings is 2. The van der Waals surface area contributed by atoms with Gasteiger partial charge in [-0.15, -0.1) is 0 Å². The Balaban J connectivity index is 1.86. The van der Waals surface area contributed by atoms with Crippen molar-refractivity contribution in [1.29, 1.82) is 0 Å². The van der Waals surface area contributed by atoms with Gasteiger partial charge in [-0.2, -0.15) is 0 Å². The molecule has 0 amide bonds. The number of hydrogen-bond acceptors (Lipinski definition) is 2. The molecule has 3 nitrogen and oxygen atoms in total. The molecule has 0 aliphatic rings. The number of rotatable bonds is 6. The van der Waals surface area contributed by atoms with Crippen LogP contribution in [-0.2, 0) is 19.6 Å². The molecule has 0 saturated heterocycles. The van der Waals surface area contributed by atoms with E-state index >= 15 is 0 Å². The predicted molar refractivity (Wildman–Crippen MR) is 111 cm³/mol. The molecule has 0 fully saturated rings. The summed E-state index contributed by atoms with van der Waals surface area (Å²) in [5, 5.41) is 0.542. The van der Waals surface area contributed by atoms with Crippen LogP contribution in [0.15, 0.2) is 59.4 Å². The Morgan fingerprint density at radius 3 is 2.37 bits per heavy atom. The molecule has 140 valence electrons. The number of hydrogen-bond donors (Lipinski definition) is 0. The summed E-state index contributed by atoms with van der Waals surface area (Å²) in [6.07, 6.45) is 0.703. The van der Waals surface area contributed by atoms with Crippen LogP contribution >= 0.6 is 23.2 Å². The van der Waals surface area contributed by atoms with E-state index in [-0.39, 0.29) is 17.2 Å². The standard InChI is InChI=1S/C22H21Cl2NO2/c1-15-7-9-17(10-8-15)11-12-25-20(18(23)13-19(24)22(25)26)14-27-21-6-4-3-5-16(21)2/h3-10,13H,11-12,14H2,1-2H3. The monoisotopic (exact) mass is 401 g/mol. The van der Waals surface area contributed by atoms with Gasteiger partial charge in [0.2, 0.25) is 0 Å². The lowest BCUT2D eigenvalue weighted by Gasteiger charge is -2.17. The molecule has 1 aromatic heterocycles. The molecule has 0 atom stereocenters. The Labute approximate surface area is 169 Å². The summed E-state index contributed by atoms with van der Waals surface area (Å²) in [6.45, 7) is 4.70. The van der Waals surface area contributed by atoms with Crippen molar-refractivity contribution in [2.45, 2.75) is 33.4 Å². The van der Waals surface area contributed by atoms with Gasteiger partial charge in [0.05, 0.1) is 10.7 Å². The quantitative estimate of drug-likeness (QED) is 0.538. The van der Waals surface area contributed by atoms with Crippen LogP contribution in [0.2, 0.25) is 10.0 Å². The first-order chi connectivity index (χ1) is 13.0. The van der Waals surface area contributed by atoms with Crippen LogP contribution in [0.4, 0.5) is 0 Å². The molecule has 2 aromatic carbocycles. The molecule has 27 heavy (non-hydrogen) atoms. The van der Waals surface area contributed by atoms with E-state index in [9.17, 15) is 4.79 Å². The second-order valence-corrected chi connectivity index (χ2v) is 7.35. The molecule has 1 heterocycles. The van der Waals surface area contributed by atoms with Gasteiger partial charge >= 0.3 is 0 Å². The molecule has 0 unspecified atom stereocenters. The average molecular weight is 402 g/mol. The first-order valence-electron chi connectivity index (χ1n) is 8.77. The Morgan fingerprint density at radius 2 is 1.67 bits per heavy atom. The smallest absolute Gasteiger partial charge is 0.269 e. The molecule has 0 saturated carbocycles. The SMILES string of the molecule is Cc1ccc(CCn2c(COc3ccccc3C)c(Cl)cc(Cl)c2=O)cc1. The fourth-order valence-corrected chi connectivity index (χ4v) is 3.41. The van der Waals surface area contributed by atoms with Crippen molar-refractivity contribution >= 4 is 23.2 Å². The molecule has 0 aliphatic heterocycles. The molecular weight excluding hydrogens is 381 g/mol. The van der Waals surface area contributed by atoms with Crippen LogP contribution in [0.25, 0.3) is 0 Å². The maximum atomic E-state index is 12.6. The first-order valence-corrected chi connectivity index (χ1v) is 9.53. The highest BCUT2D eigenvalue weighted by atomic mass is 35.5. The second-order valence-electron chi connectivity index (χ2n) is 6.53. The highest BCUT2D eigenvalue weighted by Crippen LogP contribution is 2.23. The summed E-state index contributed by atoms with van der Waals surface area (Å²) in [7, 11) is 0. The van der Waals surface area contributed by atoms with Crippen molar-refractivity contribution in [1.82, 2.24) is 4.57 Å². The zero-order valence-electron chi connectivity index (χ0n) is 15.3. The summed E-state index contributed by atoms with van der Waals surface area (Å²) in [5.74, 6) is 0.765. The van der Waals surface area contributed by atoms with E-state index < -0.39 is 0 Å². The Morgan fingerprint density at radius 1 is 0.963 bits per heavy atom. The lowest BCUT2D eigenvalue weighted by atomic mass is 10.1. The number of nitrogens with zero attached hydrogens (tertiary/aromatic N) is 1. The molecule has 0 N–H and O–H groups in total. The van der Waals surface area contributed by atoms with Crippen LogP contribution in [0.1, 0.15) is 22.4 Å². The number of aromatic nitrogens is 1. The van der Waals surface area contributed by atoms with E-state index in [1.54, 1.807) is 4.57 Å². The summed E-state index contributed by atoms with van der Waals surface area (Å²) in [6, 6.07) is 17.5. The minimum absolute atomic E-state index is 0.114. The molecule has 5 heteroatoms. The molecule has 3 rings (SSSR count). The summed E-state index contributed by atoms with van der Waals surface area (Å²) >= 11 is 12.5. The summed E-state index contributed by atoms with van der Waals surface area (Å²) in [4.78, 5) is 12.6. The Bertz CT molecular complexity index is 994. The van der Waals surface area contributed by atoms with Gasteiger partial charge in [-0.05, 0) is 43.5 Å². The summed E-state index contributed by atoms with van der Waals surface area (Å²) < 4.78 is 7.53. The van der Waals surface area contributed by atoms with Crippen LogP contribution in [-0.4, -0.2) is 4.57 Å². The van der Waals surface area contributed by atoms with E-state index in [0.29, 0.717) is 23.7 Å². The zero-order chi connectivity index (χ0) is 19.4. The van der Waals surface area contributed by atoms with Gasteiger partial charge in [-0.1, -0.05) is 71.2 Å². The number of aryl methyl sites for hydroxylation is 3. The van der Waals surface area contributed by atoms with Crippen molar-refractivity contribution < 1.29 is 4.74 Å². The largest absolute Gasteiger partial charge is 0.487 e. The highest BCUT2D eigenvalue weighted by Gasteiger charge is 2.14. The number of ether oxygens (including phenoxy) is 1. The third-order valence-corrected chi connectivity index (χ3v) is 5.11. The molecular formula is C22H21Cl2NO2. The number of pyridine rings is 1. The third kappa shape index (κ3) is 4.74. The second kappa shape index (κ2) is 8.64. The van der Waals surface area contributed by atoms with Gasteiger partial charge in [0.1, 0.15) is 17.4 Å². The number of halogens is 2. The lowest BCUT2D eigenvalue weighted by Crippen LogP contribution is -2.26. The van der Waals surface area contributed by atoms with Gasteiger partial charge in [-0.3, -0.25) is 4.79 Å². The minimum atomic E-state index is -0.253. The third-order valence-electron chi connectivity index (χ3n) is 4.51. The molecule has 0 aliphatic carbocycles. The van der Waals surface area contributed by atoms with Crippen LogP contribution in [0.5, 0.6) is 5.75 Å². The van der Waals surface area contributed by atoms with Crippen molar-refractivity contribution in [3.05, 3.63) is 97.4 Å². The van der Waals surface area contributed by atoms with E-state index in [4.69, 9.17) is 27.9 Å². The summed E-state index contributed by atoms with van der Waals surface area (Å²) in [5.41, 5.74) is 3.75. The van der Waals surface area contributed by atoms with Gasteiger partial charge in [0.15, 0.2) is 0 Å². The molecule has 0 spiro atoms. The predicted octanol–water partition coefficient (Wildman–Crippen LogP) is 5.59. The molecule has 0 bridgehead atoms. The topological polar surface area (TPSA) is 31.2 Å². The maximum absolute atomic E-state index is 12.6. The molecule has 0 radical (unpaired) electrons. The van der Waals surface area contributed by atoms with Crippen LogP contribution in [0.3, 0.4) is 0 Å². The van der Waals surface area contributed by atoms with Gasteiger partial charge in [0, 0.05) is 6.54 Å². The first kappa shape index (κ1) is 19.5. The van der Waals surface area contributed by atoms with Crippen molar-refractivity contribution in [3.63, 3.8) is 0 Å². The fraction of sp³-hybridized carbons (Fsp3) is 0.227. The zero-order valence-corrected chi connectivity index (χ0v) is 16.8. The van der Waals surface area contributed by atoms with Gasteiger partial charge < -0.3 is 9.30 Å². The van der Waals surface area contributed by atoms with E-state index in [1.807, 2.05) is 38.1 Å². The Hall–Kier alpha value is -2.23. The van der Waals surface area contributed by atoms with Crippen molar-refractivity contribution in [2.24, 2.45) is 0 Å². The van der Waals surface area contributed by atoms with Gasteiger partial charge in [-0.25, -0.2) is 0 Å². The van der Waals surface area contributed by atoms with Crippen molar-refractivity contribution in [2.75, 3.05) is 0 Å². The lowest BCUT2D eigenvalue weighted by molar-refractivity contribution is 0.291. The van der Waals surface area contributed by atoms with Crippen LogP contribution in [0, 0.1) is 13.8 Å². The fourth-order valence-electron chi connectivity index (χ4n) is 2.88. The minimum Gasteiger partial charge on any atom is -0.487 e. The number of para-hydroxylation sites is 1. The van der Waals surface area contributed by atoms with Gasteiger partial charge in [0.25, 0.3) is 5.56 Å². The molecule has 3 aromatic rings. The maximum Gasteiger partial charge on any atom is 0.269 e. The van der Waals surface area contributed by atoms with E-state index in [2.05, 4.69) is 24.3 Å². The average Bonchev–Trinajstić information content (AvgIpc) is 2.65. The van der Waals surface area contributed by atoms with E-state index in [0.717, 1.165) is 16.9 Å². The van der Waals surface area contributed by atoms with Crippen molar-refractivity contribution in [3.8, 4) is 5.75 Å². The normalized spacial score (nSPS) is 10.8.